The molecule has 2 amide bonds. The third-order valence-electron chi connectivity index (χ3n) is 6.44. The minimum atomic E-state index is -1.05. The third kappa shape index (κ3) is 5.48. The molecule has 4 rings (SSSR count). The van der Waals surface area contributed by atoms with Gasteiger partial charge in [-0.25, -0.2) is 9.59 Å². The van der Waals surface area contributed by atoms with E-state index in [2.05, 4.69) is 17.4 Å². The Balaban J connectivity index is 1.45. The van der Waals surface area contributed by atoms with Crippen LogP contribution in [-0.2, 0) is 19.1 Å². The predicted molar refractivity (Wildman–Crippen MR) is 130 cm³/mol. The zero-order valence-corrected chi connectivity index (χ0v) is 20.3. The van der Waals surface area contributed by atoms with E-state index in [0.29, 0.717) is 19.4 Å². The van der Waals surface area contributed by atoms with Crippen molar-refractivity contribution in [3.05, 3.63) is 59.7 Å². The number of carboxylic acids is 1. The predicted octanol–water partition coefficient (Wildman–Crippen LogP) is 3.78. The van der Waals surface area contributed by atoms with E-state index in [0.717, 1.165) is 22.3 Å². The van der Waals surface area contributed by atoms with Crippen molar-refractivity contribution in [2.24, 2.45) is 0 Å². The van der Waals surface area contributed by atoms with Crippen LogP contribution >= 0.6 is 0 Å². The molecule has 0 bridgehead atoms. The molecule has 0 spiro atoms. The normalized spacial score (nSPS) is 18.0. The third-order valence-corrected chi connectivity index (χ3v) is 6.44. The quantitative estimate of drug-likeness (QED) is 0.625. The Kier molecular flexibility index (Phi) is 7.12. The van der Waals surface area contributed by atoms with Gasteiger partial charge < -0.3 is 24.8 Å². The van der Waals surface area contributed by atoms with E-state index in [1.807, 2.05) is 57.2 Å². The lowest BCUT2D eigenvalue weighted by Crippen LogP contribution is -2.54. The summed E-state index contributed by atoms with van der Waals surface area (Å²) in [4.78, 5) is 38.9. The van der Waals surface area contributed by atoms with Crippen LogP contribution in [0, 0.1) is 0 Å². The number of alkyl carbamates (subject to hydrolysis) is 1. The molecule has 1 heterocycles. The number of aliphatic carboxylic acids is 1. The summed E-state index contributed by atoms with van der Waals surface area (Å²) in [5.41, 5.74) is 3.88. The van der Waals surface area contributed by atoms with E-state index >= 15 is 0 Å². The summed E-state index contributed by atoms with van der Waals surface area (Å²) in [6, 6.07) is 14.1. The number of benzene rings is 2. The molecule has 0 unspecified atom stereocenters. The minimum absolute atomic E-state index is 0.0879. The number of carbonyl (C=O) groups is 3. The van der Waals surface area contributed by atoms with E-state index in [9.17, 15) is 19.5 Å². The Labute approximate surface area is 205 Å². The van der Waals surface area contributed by atoms with E-state index < -0.39 is 35.7 Å². The molecule has 2 aliphatic rings. The molecule has 0 radical (unpaired) electrons. The molecule has 1 aliphatic heterocycles. The van der Waals surface area contributed by atoms with Gasteiger partial charge in [0.15, 0.2) is 0 Å². The molecule has 35 heavy (non-hydrogen) atoms. The summed E-state index contributed by atoms with van der Waals surface area (Å²) in [6.07, 6.45) is 0.244. The topological polar surface area (TPSA) is 105 Å². The van der Waals surface area contributed by atoms with Crippen molar-refractivity contribution in [1.82, 2.24) is 10.2 Å². The number of hydrogen-bond donors (Lipinski definition) is 2. The van der Waals surface area contributed by atoms with Crippen LogP contribution in [-0.4, -0.2) is 65.4 Å². The van der Waals surface area contributed by atoms with Gasteiger partial charge in [0.05, 0.1) is 12.2 Å². The van der Waals surface area contributed by atoms with E-state index in [1.54, 1.807) is 0 Å². The number of hydrogen-bond acceptors (Lipinski definition) is 5. The second-order valence-corrected chi connectivity index (χ2v) is 9.97. The van der Waals surface area contributed by atoms with Crippen LogP contribution in [0.1, 0.15) is 50.7 Å². The summed E-state index contributed by atoms with van der Waals surface area (Å²) in [6.45, 7) is 5.89. The number of nitrogens with zero attached hydrogens (tertiary/aromatic N) is 1. The summed E-state index contributed by atoms with van der Waals surface area (Å²) in [5, 5.41) is 12.1. The van der Waals surface area contributed by atoms with Gasteiger partial charge in [0.25, 0.3) is 0 Å². The Bertz CT molecular complexity index is 1060. The molecule has 186 valence electrons. The number of rotatable bonds is 7. The standard InChI is InChI=1S/C27H32N2O6/c1-27(2,3)35-16-22(24(30)29-14-8-13-23(29)25(31)32)28-26(33)34-15-21-19-11-6-4-9-17(19)18-10-5-7-12-20(18)21/h4-7,9-12,21-23H,8,13-16H2,1-3H3,(H,28,33)(H,31,32)/t22-,23-/m0/s1. The largest absolute Gasteiger partial charge is 0.480 e. The van der Waals surface area contributed by atoms with Crippen molar-refractivity contribution in [2.45, 2.75) is 57.2 Å². The zero-order chi connectivity index (χ0) is 25.2. The van der Waals surface area contributed by atoms with Gasteiger partial charge in [-0.1, -0.05) is 48.5 Å². The number of nitrogens with one attached hydrogen (secondary N) is 1. The highest BCUT2D eigenvalue weighted by Crippen LogP contribution is 2.44. The lowest BCUT2D eigenvalue weighted by molar-refractivity contribution is -0.150. The molecule has 2 aromatic rings. The Morgan fingerprint density at radius 2 is 1.66 bits per heavy atom. The summed E-state index contributed by atoms with van der Waals surface area (Å²) in [7, 11) is 0. The lowest BCUT2D eigenvalue weighted by atomic mass is 9.98. The molecule has 0 saturated carbocycles. The van der Waals surface area contributed by atoms with Gasteiger partial charge in [-0.3, -0.25) is 4.79 Å². The van der Waals surface area contributed by atoms with E-state index in [-0.39, 0.29) is 19.1 Å². The van der Waals surface area contributed by atoms with Crippen LogP contribution in [0.15, 0.2) is 48.5 Å². The van der Waals surface area contributed by atoms with Gasteiger partial charge in [0.1, 0.15) is 18.7 Å². The van der Waals surface area contributed by atoms with Crippen LogP contribution in [0.25, 0.3) is 11.1 Å². The van der Waals surface area contributed by atoms with Crippen LogP contribution in [0.3, 0.4) is 0 Å². The SMILES string of the molecule is CC(C)(C)OC[C@H](NC(=O)OCC1c2ccccc2-c2ccccc21)C(=O)N1CCC[C@H]1C(=O)O. The smallest absolute Gasteiger partial charge is 0.407 e. The molecular formula is C27H32N2O6. The number of fused-ring (bicyclic) bond motifs is 3. The molecule has 8 nitrogen and oxygen atoms in total. The van der Waals surface area contributed by atoms with Gasteiger partial charge >= 0.3 is 12.1 Å². The summed E-state index contributed by atoms with van der Waals surface area (Å²) < 4.78 is 11.4. The first-order valence-electron chi connectivity index (χ1n) is 11.9. The molecule has 1 aliphatic carbocycles. The Morgan fingerprint density at radius 1 is 1.06 bits per heavy atom. The first-order valence-corrected chi connectivity index (χ1v) is 11.9. The van der Waals surface area contributed by atoms with Gasteiger partial charge in [-0.2, -0.15) is 0 Å². The fraction of sp³-hybridized carbons (Fsp3) is 0.444. The van der Waals surface area contributed by atoms with Crippen LogP contribution < -0.4 is 5.32 Å². The molecular weight excluding hydrogens is 448 g/mol. The fourth-order valence-corrected chi connectivity index (χ4v) is 4.78. The number of carbonyl (C=O) groups excluding carboxylic acids is 2. The van der Waals surface area contributed by atoms with Crippen molar-refractivity contribution in [1.29, 1.82) is 0 Å². The first kappa shape index (κ1) is 24.7. The number of likely N-dealkylation sites (tertiary alicyclic amines) is 1. The van der Waals surface area contributed by atoms with Crippen molar-refractivity contribution in [3.8, 4) is 11.1 Å². The van der Waals surface area contributed by atoms with Gasteiger partial charge in [-0.15, -0.1) is 0 Å². The monoisotopic (exact) mass is 480 g/mol. The Hall–Kier alpha value is -3.39. The van der Waals surface area contributed by atoms with Crippen molar-refractivity contribution < 1.29 is 29.0 Å². The summed E-state index contributed by atoms with van der Waals surface area (Å²) in [5.74, 6) is -1.64. The maximum atomic E-state index is 13.2. The first-order chi connectivity index (χ1) is 16.7. The highest BCUT2D eigenvalue weighted by molar-refractivity contribution is 5.90. The molecule has 2 atom stereocenters. The Morgan fingerprint density at radius 3 is 2.23 bits per heavy atom. The molecule has 1 fully saturated rings. The fourth-order valence-electron chi connectivity index (χ4n) is 4.78. The van der Waals surface area contributed by atoms with Crippen LogP contribution in [0.4, 0.5) is 4.79 Å². The van der Waals surface area contributed by atoms with Gasteiger partial charge in [-0.05, 0) is 55.9 Å². The van der Waals surface area contributed by atoms with Crippen LogP contribution in [0.2, 0.25) is 0 Å². The number of amides is 2. The van der Waals surface area contributed by atoms with Gasteiger partial charge in [0, 0.05) is 12.5 Å². The molecule has 0 aromatic heterocycles. The number of carboxylic acid groups (broad SMARTS) is 1. The highest BCUT2D eigenvalue weighted by Gasteiger charge is 2.38. The maximum absolute atomic E-state index is 13.2. The lowest BCUT2D eigenvalue weighted by Gasteiger charge is -2.29. The molecule has 2 aromatic carbocycles. The van der Waals surface area contributed by atoms with Gasteiger partial charge in [0.2, 0.25) is 5.91 Å². The van der Waals surface area contributed by atoms with Crippen molar-refractivity contribution in [2.75, 3.05) is 19.8 Å². The van der Waals surface area contributed by atoms with Crippen molar-refractivity contribution in [3.63, 3.8) is 0 Å². The maximum Gasteiger partial charge on any atom is 0.407 e. The highest BCUT2D eigenvalue weighted by atomic mass is 16.5. The molecule has 8 heteroatoms. The summed E-state index contributed by atoms with van der Waals surface area (Å²) >= 11 is 0. The molecule has 2 N–H and O–H groups in total. The minimum Gasteiger partial charge on any atom is -0.480 e. The van der Waals surface area contributed by atoms with Crippen molar-refractivity contribution >= 4 is 18.0 Å². The average Bonchev–Trinajstić information content (AvgIpc) is 3.43. The average molecular weight is 481 g/mol. The van der Waals surface area contributed by atoms with E-state index in [4.69, 9.17) is 9.47 Å². The second kappa shape index (κ2) is 10.1. The zero-order valence-electron chi connectivity index (χ0n) is 20.3. The van der Waals surface area contributed by atoms with E-state index in [1.165, 1.54) is 4.90 Å². The molecule has 1 saturated heterocycles. The van der Waals surface area contributed by atoms with Crippen LogP contribution in [0.5, 0.6) is 0 Å². The second-order valence-electron chi connectivity index (χ2n) is 9.97. The number of ether oxygens (including phenoxy) is 2.